The van der Waals surface area contributed by atoms with E-state index in [0.29, 0.717) is 37.3 Å². The van der Waals surface area contributed by atoms with E-state index in [1.54, 1.807) is 15.9 Å². The lowest BCUT2D eigenvalue weighted by Gasteiger charge is -2.29. The summed E-state index contributed by atoms with van der Waals surface area (Å²) >= 11 is 7.89. The molecule has 0 saturated carbocycles. The molecule has 0 aliphatic carbocycles. The van der Waals surface area contributed by atoms with Crippen LogP contribution in [-0.2, 0) is 17.7 Å². The van der Waals surface area contributed by atoms with E-state index >= 15 is 0 Å². The van der Waals surface area contributed by atoms with Crippen LogP contribution in [0.1, 0.15) is 10.4 Å². The van der Waals surface area contributed by atoms with E-state index in [0.717, 1.165) is 35.4 Å². The van der Waals surface area contributed by atoms with Crippen LogP contribution in [0.4, 0.5) is 5.95 Å². The Morgan fingerprint density at radius 3 is 2.82 bits per heavy atom. The molecular formula is C20H21ClN4O2S. The van der Waals surface area contributed by atoms with Crippen LogP contribution in [0.3, 0.4) is 0 Å². The standard InChI is InChI=1S/C20H21ClN4O2S/c1-23-6-5-15-16(12-23)28-18-17(15)19(26)25(14-4-2-3-13(21)11-14)20(22-18)24-7-9-27-10-8-24/h2-4,11H,5-10,12H2,1H3. The molecule has 1 aromatic carbocycles. The minimum absolute atomic E-state index is 0.00388. The molecule has 2 aromatic heterocycles. The van der Waals surface area contributed by atoms with Crippen molar-refractivity contribution in [2.45, 2.75) is 13.0 Å². The van der Waals surface area contributed by atoms with Crippen molar-refractivity contribution in [3.63, 3.8) is 0 Å². The van der Waals surface area contributed by atoms with Crippen molar-refractivity contribution < 1.29 is 4.74 Å². The lowest BCUT2D eigenvalue weighted by atomic mass is 10.1. The molecule has 0 atom stereocenters. The number of thiophene rings is 1. The minimum Gasteiger partial charge on any atom is -0.378 e. The molecule has 146 valence electrons. The zero-order valence-corrected chi connectivity index (χ0v) is 17.2. The van der Waals surface area contributed by atoms with Crippen LogP contribution in [0.15, 0.2) is 29.1 Å². The molecule has 4 heterocycles. The molecule has 8 heteroatoms. The fourth-order valence-corrected chi connectivity index (χ4v) is 5.45. The summed E-state index contributed by atoms with van der Waals surface area (Å²) in [7, 11) is 2.12. The second-order valence-corrected chi connectivity index (χ2v) is 8.82. The van der Waals surface area contributed by atoms with Gasteiger partial charge in [-0.25, -0.2) is 9.55 Å². The van der Waals surface area contributed by atoms with Crippen molar-refractivity contribution in [3.05, 3.63) is 50.1 Å². The van der Waals surface area contributed by atoms with Crippen molar-refractivity contribution in [1.82, 2.24) is 14.5 Å². The zero-order valence-electron chi connectivity index (χ0n) is 15.7. The van der Waals surface area contributed by atoms with Gasteiger partial charge in [-0.15, -0.1) is 11.3 Å². The molecule has 1 fully saturated rings. The molecule has 0 radical (unpaired) electrons. The first-order valence-electron chi connectivity index (χ1n) is 9.46. The van der Waals surface area contributed by atoms with E-state index in [2.05, 4.69) is 16.8 Å². The summed E-state index contributed by atoms with van der Waals surface area (Å²) in [5.41, 5.74) is 1.91. The highest BCUT2D eigenvalue weighted by molar-refractivity contribution is 7.18. The molecule has 0 unspecified atom stereocenters. The molecule has 3 aromatic rings. The van der Waals surface area contributed by atoms with Gasteiger partial charge >= 0.3 is 0 Å². The number of rotatable bonds is 2. The van der Waals surface area contributed by atoms with Gasteiger partial charge in [0.2, 0.25) is 5.95 Å². The predicted molar refractivity (Wildman–Crippen MR) is 113 cm³/mol. The van der Waals surface area contributed by atoms with Gasteiger partial charge in [0.05, 0.1) is 24.3 Å². The van der Waals surface area contributed by atoms with Gasteiger partial charge in [0.1, 0.15) is 4.83 Å². The van der Waals surface area contributed by atoms with Gasteiger partial charge in [0, 0.05) is 36.1 Å². The third-order valence-electron chi connectivity index (χ3n) is 5.41. The largest absolute Gasteiger partial charge is 0.378 e. The number of benzene rings is 1. The number of halogens is 1. The van der Waals surface area contributed by atoms with E-state index in [-0.39, 0.29) is 5.56 Å². The zero-order chi connectivity index (χ0) is 19.3. The summed E-state index contributed by atoms with van der Waals surface area (Å²) in [6, 6.07) is 7.43. The van der Waals surface area contributed by atoms with Gasteiger partial charge in [0.25, 0.3) is 5.56 Å². The Morgan fingerprint density at radius 2 is 2.04 bits per heavy atom. The van der Waals surface area contributed by atoms with Gasteiger partial charge < -0.3 is 14.5 Å². The first-order chi connectivity index (χ1) is 13.6. The Kier molecular flexibility index (Phi) is 4.63. The first-order valence-corrected chi connectivity index (χ1v) is 10.7. The fourth-order valence-electron chi connectivity index (χ4n) is 3.98. The van der Waals surface area contributed by atoms with Crippen LogP contribution in [0, 0.1) is 0 Å². The van der Waals surface area contributed by atoms with Crippen molar-refractivity contribution in [1.29, 1.82) is 0 Å². The highest BCUT2D eigenvalue weighted by Crippen LogP contribution is 2.34. The van der Waals surface area contributed by atoms with Crippen molar-refractivity contribution in [2.75, 3.05) is 44.8 Å². The molecule has 0 amide bonds. The van der Waals surface area contributed by atoms with Crippen LogP contribution in [0.2, 0.25) is 5.02 Å². The summed E-state index contributed by atoms with van der Waals surface area (Å²) < 4.78 is 7.23. The van der Waals surface area contributed by atoms with Crippen molar-refractivity contribution in [2.24, 2.45) is 0 Å². The first kappa shape index (κ1) is 18.1. The van der Waals surface area contributed by atoms with E-state index < -0.39 is 0 Å². The summed E-state index contributed by atoms with van der Waals surface area (Å²) in [5, 5.41) is 1.37. The summed E-state index contributed by atoms with van der Waals surface area (Å²) in [4.78, 5) is 25.2. The van der Waals surface area contributed by atoms with Crippen LogP contribution < -0.4 is 10.5 Å². The SMILES string of the molecule is CN1CCc2c(sc3nc(N4CCOCC4)n(-c4cccc(Cl)c4)c(=O)c23)C1. The molecule has 0 N–H and O–H groups in total. The molecule has 0 bridgehead atoms. The maximum Gasteiger partial charge on any atom is 0.268 e. The predicted octanol–water partition coefficient (Wildman–Crippen LogP) is 2.93. The molecule has 28 heavy (non-hydrogen) atoms. The average molecular weight is 417 g/mol. The number of likely N-dealkylation sites (N-methyl/N-ethyl adjacent to an activating group) is 1. The Labute approximate surface area is 171 Å². The Bertz CT molecular complexity index is 1100. The third-order valence-corrected chi connectivity index (χ3v) is 6.75. The van der Waals surface area contributed by atoms with E-state index in [1.165, 1.54) is 10.4 Å². The number of fused-ring (bicyclic) bond motifs is 3. The number of hydrogen-bond acceptors (Lipinski definition) is 6. The maximum atomic E-state index is 13.7. The number of hydrogen-bond donors (Lipinski definition) is 0. The number of nitrogens with zero attached hydrogens (tertiary/aromatic N) is 4. The number of morpholine rings is 1. The molecule has 6 nitrogen and oxygen atoms in total. The minimum atomic E-state index is -0.00388. The maximum absolute atomic E-state index is 13.7. The van der Waals surface area contributed by atoms with Crippen LogP contribution in [-0.4, -0.2) is 54.3 Å². The highest BCUT2D eigenvalue weighted by Gasteiger charge is 2.26. The number of aromatic nitrogens is 2. The van der Waals surface area contributed by atoms with Crippen LogP contribution in [0.5, 0.6) is 0 Å². The van der Waals surface area contributed by atoms with Gasteiger partial charge in [-0.1, -0.05) is 17.7 Å². The monoisotopic (exact) mass is 416 g/mol. The van der Waals surface area contributed by atoms with E-state index in [9.17, 15) is 4.79 Å². The smallest absolute Gasteiger partial charge is 0.268 e. The lowest BCUT2D eigenvalue weighted by Crippen LogP contribution is -2.40. The molecular weight excluding hydrogens is 396 g/mol. The van der Waals surface area contributed by atoms with Gasteiger partial charge in [0.15, 0.2) is 0 Å². The van der Waals surface area contributed by atoms with Crippen LogP contribution in [0.25, 0.3) is 15.9 Å². The van der Waals surface area contributed by atoms with E-state index in [1.807, 2.05) is 24.3 Å². The highest BCUT2D eigenvalue weighted by atomic mass is 35.5. The molecule has 2 aliphatic heterocycles. The Hall–Kier alpha value is -1.93. The number of anilines is 1. The van der Waals surface area contributed by atoms with Crippen molar-refractivity contribution >= 4 is 39.1 Å². The molecule has 0 spiro atoms. The Balaban J connectivity index is 1.79. The van der Waals surface area contributed by atoms with Crippen molar-refractivity contribution in [3.8, 4) is 5.69 Å². The summed E-state index contributed by atoms with van der Waals surface area (Å²) in [6.45, 7) is 4.53. The molecule has 1 saturated heterocycles. The van der Waals surface area contributed by atoms with Gasteiger partial charge in [-0.05, 0) is 37.2 Å². The fraction of sp³-hybridized carbons (Fsp3) is 0.400. The summed E-state index contributed by atoms with van der Waals surface area (Å²) in [6.07, 6.45) is 0.884. The van der Waals surface area contributed by atoms with E-state index in [4.69, 9.17) is 21.3 Å². The topological polar surface area (TPSA) is 50.6 Å². The second kappa shape index (κ2) is 7.15. The lowest BCUT2D eigenvalue weighted by molar-refractivity contribution is 0.122. The average Bonchev–Trinajstić information content (AvgIpc) is 3.06. The number of ether oxygens (including phenoxy) is 1. The van der Waals surface area contributed by atoms with Gasteiger partial charge in [-0.2, -0.15) is 0 Å². The second-order valence-electron chi connectivity index (χ2n) is 7.30. The third kappa shape index (κ3) is 3.03. The molecule has 5 rings (SSSR count). The van der Waals surface area contributed by atoms with Crippen LogP contribution >= 0.6 is 22.9 Å². The molecule has 2 aliphatic rings. The normalized spacial score (nSPS) is 17.9. The Morgan fingerprint density at radius 1 is 1.21 bits per heavy atom. The summed E-state index contributed by atoms with van der Waals surface area (Å²) in [5.74, 6) is 0.676. The quantitative estimate of drug-likeness (QED) is 0.643. The van der Waals surface area contributed by atoms with Gasteiger partial charge in [-0.3, -0.25) is 4.79 Å².